The van der Waals surface area contributed by atoms with E-state index in [4.69, 9.17) is 4.74 Å². The maximum Gasteiger partial charge on any atom is 0.317 e. The molecule has 0 aromatic carbocycles. The summed E-state index contributed by atoms with van der Waals surface area (Å²) in [4.78, 5) is 34.8. The number of hydrogen-bond donors (Lipinski definition) is 0. The van der Waals surface area contributed by atoms with E-state index in [0.29, 0.717) is 0 Å². The minimum atomic E-state index is -0.923. The molecule has 1 aliphatic carbocycles. The van der Waals surface area contributed by atoms with Crippen molar-refractivity contribution >= 4 is 17.5 Å². The van der Waals surface area contributed by atoms with E-state index >= 15 is 0 Å². The van der Waals surface area contributed by atoms with E-state index in [2.05, 4.69) is 0 Å². The third-order valence-electron chi connectivity index (χ3n) is 2.91. The summed E-state index contributed by atoms with van der Waals surface area (Å²) in [6.45, 7) is 4.89. The lowest BCUT2D eigenvalue weighted by molar-refractivity contribution is -0.155. The second kappa shape index (κ2) is 5.23. The minimum absolute atomic E-state index is 0.0215. The molecule has 0 N–H and O–H groups in total. The Hall–Kier alpha value is -1.19. The molecular weight excluding hydrogens is 208 g/mol. The molecule has 1 rings (SSSR count). The van der Waals surface area contributed by atoms with Crippen LogP contribution in [-0.4, -0.2) is 24.1 Å². The summed E-state index contributed by atoms with van der Waals surface area (Å²) in [7, 11) is 0. The van der Waals surface area contributed by atoms with Crippen LogP contribution >= 0.6 is 0 Å². The Kier molecular flexibility index (Phi) is 4.21. The van der Waals surface area contributed by atoms with Crippen LogP contribution in [0.5, 0.6) is 0 Å². The van der Waals surface area contributed by atoms with Crippen molar-refractivity contribution < 1.29 is 19.1 Å². The second-order valence-corrected chi connectivity index (χ2v) is 4.31. The van der Waals surface area contributed by atoms with Gasteiger partial charge < -0.3 is 4.74 Å². The molecule has 4 heteroatoms. The van der Waals surface area contributed by atoms with Gasteiger partial charge in [0, 0.05) is 11.8 Å². The highest BCUT2D eigenvalue weighted by atomic mass is 16.5. The molecule has 0 heterocycles. The topological polar surface area (TPSA) is 60.4 Å². The monoisotopic (exact) mass is 226 g/mol. The normalized spacial score (nSPS) is 18.7. The van der Waals surface area contributed by atoms with Crippen LogP contribution in [0.2, 0.25) is 0 Å². The molecule has 0 amide bonds. The molecule has 90 valence electrons. The molecule has 2 unspecified atom stereocenters. The van der Waals surface area contributed by atoms with Crippen molar-refractivity contribution in [2.45, 2.75) is 33.6 Å². The largest absolute Gasteiger partial charge is 0.465 e. The van der Waals surface area contributed by atoms with Gasteiger partial charge >= 0.3 is 5.97 Å². The van der Waals surface area contributed by atoms with E-state index < -0.39 is 17.8 Å². The quantitative estimate of drug-likeness (QED) is 0.507. The van der Waals surface area contributed by atoms with Crippen molar-refractivity contribution in [2.75, 3.05) is 6.61 Å². The lowest BCUT2D eigenvalue weighted by atomic mass is 9.85. The Morgan fingerprint density at radius 2 is 1.88 bits per heavy atom. The Bertz CT molecular complexity index is 304. The highest BCUT2D eigenvalue weighted by Crippen LogP contribution is 2.34. The van der Waals surface area contributed by atoms with Crippen LogP contribution in [0.25, 0.3) is 0 Å². The fraction of sp³-hybridized carbons (Fsp3) is 0.750. The molecule has 0 aromatic heterocycles. The third kappa shape index (κ3) is 2.90. The first kappa shape index (κ1) is 12.9. The molecule has 0 spiro atoms. The van der Waals surface area contributed by atoms with Gasteiger partial charge in [0.1, 0.15) is 17.5 Å². The molecule has 16 heavy (non-hydrogen) atoms. The van der Waals surface area contributed by atoms with Crippen LogP contribution in [0.1, 0.15) is 33.6 Å². The summed E-state index contributed by atoms with van der Waals surface area (Å²) in [5.41, 5.74) is 0. The summed E-state index contributed by atoms with van der Waals surface area (Å²) < 4.78 is 4.82. The average molecular weight is 226 g/mol. The van der Waals surface area contributed by atoms with Crippen LogP contribution < -0.4 is 0 Å². The maximum atomic E-state index is 11.8. The van der Waals surface area contributed by atoms with E-state index in [0.717, 1.165) is 12.8 Å². The van der Waals surface area contributed by atoms with Gasteiger partial charge in [-0.1, -0.05) is 6.92 Å². The van der Waals surface area contributed by atoms with E-state index in [-0.39, 0.29) is 24.1 Å². The predicted molar refractivity (Wildman–Crippen MR) is 57.7 cm³/mol. The Labute approximate surface area is 95.3 Å². The average Bonchev–Trinajstić information content (AvgIpc) is 2.99. The van der Waals surface area contributed by atoms with Gasteiger partial charge in [0.2, 0.25) is 0 Å². The van der Waals surface area contributed by atoms with Crippen molar-refractivity contribution in [3.63, 3.8) is 0 Å². The van der Waals surface area contributed by atoms with Gasteiger partial charge in [0.15, 0.2) is 0 Å². The van der Waals surface area contributed by atoms with Crippen molar-refractivity contribution in [2.24, 2.45) is 17.8 Å². The summed E-state index contributed by atoms with van der Waals surface area (Å²) in [6.07, 6.45) is 1.77. The molecule has 0 radical (unpaired) electrons. The van der Waals surface area contributed by atoms with E-state index in [1.54, 1.807) is 13.8 Å². The molecule has 1 saturated carbocycles. The van der Waals surface area contributed by atoms with E-state index in [9.17, 15) is 14.4 Å². The number of Topliss-reactive ketones (excluding diaryl/α,β-unsaturated/α-hetero) is 2. The molecule has 2 atom stereocenters. The first-order valence-electron chi connectivity index (χ1n) is 5.69. The minimum Gasteiger partial charge on any atom is -0.465 e. The van der Waals surface area contributed by atoms with Crippen molar-refractivity contribution in [1.82, 2.24) is 0 Å². The number of esters is 1. The van der Waals surface area contributed by atoms with E-state index in [1.165, 1.54) is 6.92 Å². The second-order valence-electron chi connectivity index (χ2n) is 4.31. The number of ether oxygens (including phenoxy) is 1. The number of carbonyl (C=O) groups is 3. The molecule has 4 nitrogen and oxygen atoms in total. The predicted octanol–water partition coefficient (Wildman–Crippen LogP) is 1.37. The summed E-state index contributed by atoms with van der Waals surface area (Å²) in [5.74, 6) is -2.26. The Balaban J connectivity index is 2.71. The fourth-order valence-electron chi connectivity index (χ4n) is 1.86. The van der Waals surface area contributed by atoms with Gasteiger partial charge in [-0.3, -0.25) is 14.4 Å². The van der Waals surface area contributed by atoms with Gasteiger partial charge in [-0.25, -0.2) is 0 Å². The van der Waals surface area contributed by atoms with Gasteiger partial charge in [-0.2, -0.15) is 0 Å². The van der Waals surface area contributed by atoms with Crippen LogP contribution in [0.4, 0.5) is 0 Å². The number of ketones is 2. The molecule has 1 aliphatic rings. The van der Waals surface area contributed by atoms with Gasteiger partial charge in [-0.05, 0) is 26.7 Å². The first-order chi connectivity index (χ1) is 7.49. The van der Waals surface area contributed by atoms with E-state index in [1.807, 2.05) is 0 Å². The van der Waals surface area contributed by atoms with Crippen LogP contribution in [0.3, 0.4) is 0 Å². The highest BCUT2D eigenvalue weighted by molar-refractivity contribution is 6.03. The molecule has 0 bridgehead atoms. The lowest BCUT2D eigenvalue weighted by Gasteiger charge is -2.18. The molecule has 0 saturated heterocycles. The zero-order valence-electron chi connectivity index (χ0n) is 9.99. The van der Waals surface area contributed by atoms with Crippen molar-refractivity contribution in [1.29, 1.82) is 0 Å². The van der Waals surface area contributed by atoms with Gasteiger partial charge in [-0.15, -0.1) is 0 Å². The summed E-state index contributed by atoms with van der Waals surface area (Å²) in [5, 5.41) is 0. The van der Waals surface area contributed by atoms with Crippen LogP contribution in [0.15, 0.2) is 0 Å². The number of rotatable bonds is 6. The summed E-state index contributed by atoms with van der Waals surface area (Å²) in [6, 6.07) is 0. The molecule has 0 aliphatic heterocycles. The smallest absolute Gasteiger partial charge is 0.317 e. The van der Waals surface area contributed by atoms with Gasteiger partial charge in [0.05, 0.1) is 6.61 Å². The maximum absolute atomic E-state index is 11.8. The van der Waals surface area contributed by atoms with Gasteiger partial charge in [0.25, 0.3) is 0 Å². The molecule has 0 aromatic rings. The summed E-state index contributed by atoms with van der Waals surface area (Å²) >= 11 is 0. The fourth-order valence-corrected chi connectivity index (χ4v) is 1.86. The number of carbonyl (C=O) groups excluding carboxylic acids is 3. The molecular formula is C12H18O4. The molecule has 1 fully saturated rings. The van der Waals surface area contributed by atoms with Crippen LogP contribution in [-0.2, 0) is 19.1 Å². The standard InChI is InChI=1S/C12H18O4/c1-4-16-12(15)10(8(3)13)7(2)11(14)9-5-6-9/h7,9-10H,4-6H2,1-3H3. The van der Waals surface area contributed by atoms with Crippen LogP contribution in [0, 0.1) is 17.8 Å². The zero-order valence-corrected chi connectivity index (χ0v) is 9.99. The van der Waals surface area contributed by atoms with Crippen molar-refractivity contribution in [3.05, 3.63) is 0 Å². The highest BCUT2D eigenvalue weighted by Gasteiger charge is 2.41. The Morgan fingerprint density at radius 1 is 1.31 bits per heavy atom. The van der Waals surface area contributed by atoms with Crippen molar-refractivity contribution in [3.8, 4) is 0 Å². The lowest BCUT2D eigenvalue weighted by Crippen LogP contribution is -2.35. The number of hydrogen-bond acceptors (Lipinski definition) is 4. The zero-order chi connectivity index (χ0) is 12.3. The SMILES string of the molecule is CCOC(=O)C(C(C)=O)C(C)C(=O)C1CC1. The Morgan fingerprint density at radius 3 is 2.25 bits per heavy atom. The first-order valence-corrected chi connectivity index (χ1v) is 5.69. The third-order valence-corrected chi connectivity index (χ3v) is 2.91.